The highest BCUT2D eigenvalue weighted by atomic mass is 35.5. The molecule has 0 aliphatic heterocycles. The summed E-state index contributed by atoms with van der Waals surface area (Å²) in [6, 6.07) is 2.29. The summed E-state index contributed by atoms with van der Waals surface area (Å²) in [4.78, 5) is -0.280. The average molecular weight is 379 g/mol. The highest BCUT2D eigenvalue weighted by Crippen LogP contribution is 2.31. The van der Waals surface area contributed by atoms with Crippen molar-refractivity contribution in [2.24, 2.45) is 0 Å². The molecule has 0 aliphatic carbocycles. The smallest absolute Gasteiger partial charge is 0.397 e. The zero-order valence-electron chi connectivity index (χ0n) is 10.7. The van der Waals surface area contributed by atoms with Gasteiger partial charge in [-0.25, -0.2) is 12.6 Å². The lowest BCUT2D eigenvalue weighted by molar-refractivity contribution is 0.251. The van der Waals surface area contributed by atoms with E-state index < -0.39 is 27.0 Å². The van der Waals surface area contributed by atoms with E-state index in [-0.39, 0.29) is 27.2 Å². The predicted molar refractivity (Wildman–Crippen MR) is 78.2 cm³/mol. The van der Waals surface area contributed by atoms with Gasteiger partial charge in [-0.1, -0.05) is 23.2 Å². The monoisotopic (exact) mass is 378 g/mol. The molecule has 0 fully saturated rings. The number of nitrogens with two attached hydrogens (primary N) is 1. The molecule has 0 spiro atoms. The van der Waals surface area contributed by atoms with Crippen molar-refractivity contribution < 1.29 is 25.6 Å². The van der Waals surface area contributed by atoms with Crippen LogP contribution in [0.15, 0.2) is 17.0 Å². The Morgan fingerprint density at radius 1 is 1.24 bits per heavy atom. The Labute approximate surface area is 132 Å². The number of sulfonamides is 1. The molecule has 0 heterocycles. The van der Waals surface area contributed by atoms with Crippen molar-refractivity contribution in [2.45, 2.75) is 4.90 Å². The number of nitrogens with zero attached hydrogens (tertiary/aromatic N) is 1. The van der Waals surface area contributed by atoms with Crippen LogP contribution in [0.25, 0.3) is 0 Å². The van der Waals surface area contributed by atoms with E-state index in [1.807, 2.05) is 0 Å². The second-order valence-electron chi connectivity index (χ2n) is 3.88. The van der Waals surface area contributed by atoms with Gasteiger partial charge in [-0.3, -0.25) is 4.55 Å². The van der Waals surface area contributed by atoms with Gasteiger partial charge >= 0.3 is 10.4 Å². The molecular weight excluding hydrogens is 367 g/mol. The molecule has 1 aromatic carbocycles. The van der Waals surface area contributed by atoms with E-state index in [9.17, 15) is 16.8 Å². The Kier molecular flexibility index (Phi) is 5.83. The fourth-order valence-corrected chi connectivity index (χ4v) is 3.50. The number of likely N-dealkylation sites (N-methyl/N-ethyl adjacent to an activating group) is 1. The summed E-state index contributed by atoms with van der Waals surface area (Å²) in [5, 5.41) is -0.111. The highest BCUT2D eigenvalue weighted by Gasteiger charge is 2.25. The molecular formula is C9H12Cl2N2O6S2. The van der Waals surface area contributed by atoms with Gasteiger partial charge < -0.3 is 5.73 Å². The lowest BCUT2D eigenvalue weighted by Crippen LogP contribution is -2.31. The van der Waals surface area contributed by atoms with Gasteiger partial charge in [-0.15, -0.1) is 0 Å². The largest absolute Gasteiger partial charge is 0.397 e. The fourth-order valence-electron chi connectivity index (χ4n) is 1.30. The van der Waals surface area contributed by atoms with Crippen LogP contribution in [-0.2, 0) is 24.6 Å². The fraction of sp³-hybridized carbons (Fsp3) is 0.333. The molecule has 0 aromatic heterocycles. The van der Waals surface area contributed by atoms with Crippen LogP contribution in [0.1, 0.15) is 0 Å². The lowest BCUT2D eigenvalue weighted by Gasteiger charge is -2.18. The normalized spacial score (nSPS) is 12.8. The van der Waals surface area contributed by atoms with Crippen LogP contribution in [0, 0.1) is 0 Å². The minimum absolute atomic E-state index is 0.0144. The quantitative estimate of drug-likeness (QED) is 0.558. The Bertz CT molecular complexity index is 735. The van der Waals surface area contributed by atoms with Gasteiger partial charge in [0.15, 0.2) is 0 Å². The maximum absolute atomic E-state index is 12.2. The molecule has 8 nitrogen and oxygen atoms in total. The number of halogens is 2. The van der Waals surface area contributed by atoms with Gasteiger partial charge in [0.05, 0.1) is 22.3 Å². The molecule has 0 radical (unpaired) electrons. The first-order chi connectivity index (χ1) is 9.45. The Balaban J connectivity index is 2.98. The molecule has 120 valence electrons. The van der Waals surface area contributed by atoms with E-state index in [4.69, 9.17) is 33.5 Å². The third kappa shape index (κ3) is 4.95. The summed E-state index contributed by atoms with van der Waals surface area (Å²) in [6.07, 6.45) is 0. The van der Waals surface area contributed by atoms with Crippen molar-refractivity contribution in [3.63, 3.8) is 0 Å². The maximum atomic E-state index is 12.2. The van der Waals surface area contributed by atoms with Gasteiger partial charge in [-0.05, 0) is 12.1 Å². The summed E-state index contributed by atoms with van der Waals surface area (Å²) in [6.45, 7) is -0.894. The van der Waals surface area contributed by atoms with Crippen molar-refractivity contribution in [3.8, 4) is 0 Å². The standard InChI is InChI=1S/C9H12Cl2N2O6S2/c1-13(2-3-19-21(16,17)18)20(14,15)9-5-6(10)8(12)4-7(9)11/h4-5H,2-3,12H2,1H3,(H,16,17,18). The molecule has 3 N–H and O–H groups in total. The molecule has 0 bridgehead atoms. The minimum atomic E-state index is -4.64. The molecule has 0 atom stereocenters. The lowest BCUT2D eigenvalue weighted by atomic mass is 10.3. The number of hydrogen-bond donors (Lipinski definition) is 2. The number of benzene rings is 1. The van der Waals surface area contributed by atoms with Crippen LogP contribution in [0.5, 0.6) is 0 Å². The molecule has 1 aromatic rings. The van der Waals surface area contributed by atoms with Gasteiger partial charge in [0.1, 0.15) is 4.90 Å². The summed E-state index contributed by atoms with van der Waals surface area (Å²) in [5.41, 5.74) is 5.62. The number of rotatable bonds is 6. The van der Waals surface area contributed by atoms with Crippen molar-refractivity contribution >= 4 is 49.3 Å². The molecule has 0 saturated heterocycles. The van der Waals surface area contributed by atoms with Crippen LogP contribution in [0.4, 0.5) is 5.69 Å². The van der Waals surface area contributed by atoms with E-state index in [0.29, 0.717) is 0 Å². The van der Waals surface area contributed by atoms with Crippen molar-refractivity contribution in [3.05, 3.63) is 22.2 Å². The second kappa shape index (κ2) is 6.65. The van der Waals surface area contributed by atoms with Crippen LogP contribution in [0.2, 0.25) is 10.0 Å². The summed E-state index contributed by atoms with van der Waals surface area (Å²) in [5.74, 6) is 0. The Hall–Kier alpha value is -0.620. The average Bonchev–Trinajstić information content (AvgIpc) is 2.31. The molecule has 12 heteroatoms. The summed E-state index contributed by atoms with van der Waals surface area (Å²) in [7, 11) is -7.47. The van der Waals surface area contributed by atoms with Crippen LogP contribution < -0.4 is 5.73 Å². The van der Waals surface area contributed by atoms with E-state index in [1.54, 1.807) is 0 Å². The van der Waals surface area contributed by atoms with Crippen LogP contribution >= 0.6 is 23.2 Å². The third-order valence-electron chi connectivity index (χ3n) is 2.38. The van der Waals surface area contributed by atoms with E-state index in [1.165, 1.54) is 13.1 Å². The van der Waals surface area contributed by atoms with Gasteiger partial charge in [0, 0.05) is 13.6 Å². The van der Waals surface area contributed by atoms with Crippen LogP contribution in [0.3, 0.4) is 0 Å². The molecule has 0 saturated carbocycles. The molecule has 0 aliphatic rings. The van der Waals surface area contributed by atoms with Gasteiger partial charge in [0.2, 0.25) is 10.0 Å². The summed E-state index contributed by atoms with van der Waals surface area (Å²) >= 11 is 11.6. The molecule has 0 unspecified atom stereocenters. The second-order valence-corrected chi connectivity index (χ2v) is 7.80. The molecule has 1 rings (SSSR count). The van der Waals surface area contributed by atoms with Crippen molar-refractivity contribution in [1.29, 1.82) is 0 Å². The van der Waals surface area contributed by atoms with E-state index in [0.717, 1.165) is 10.4 Å². The van der Waals surface area contributed by atoms with E-state index in [2.05, 4.69) is 4.18 Å². The summed E-state index contributed by atoms with van der Waals surface area (Å²) < 4.78 is 58.5. The Morgan fingerprint density at radius 3 is 2.33 bits per heavy atom. The number of hydrogen-bond acceptors (Lipinski definition) is 6. The van der Waals surface area contributed by atoms with Gasteiger partial charge in [0.25, 0.3) is 0 Å². The predicted octanol–water partition coefficient (Wildman–Crippen LogP) is 1.02. The topological polar surface area (TPSA) is 127 Å². The number of nitrogen functional groups attached to an aromatic ring is 1. The number of anilines is 1. The van der Waals surface area contributed by atoms with Crippen molar-refractivity contribution in [2.75, 3.05) is 25.9 Å². The van der Waals surface area contributed by atoms with Crippen molar-refractivity contribution in [1.82, 2.24) is 4.31 Å². The highest BCUT2D eigenvalue weighted by molar-refractivity contribution is 7.89. The SMILES string of the molecule is CN(CCOS(=O)(=O)O)S(=O)(=O)c1cc(Cl)c(N)cc1Cl. The molecule has 0 amide bonds. The first kappa shape index (κ1) is 18.4. The van der Waals surface area contributed by atoms with Gasteiger partial charge in [-0.2, -0.15) is 12.7 Å². The van der Waals surface area contributed by atoms with E-state index >= 15 is 0 Å². The zero-order valence-corrected chi connectivity index (χ0v) is 13.8. The zero-order chi connectivity index (χ0) is 16.4. The Morgan fingerprint density at radius 2 is 1.81 bits per heavy atom. The first-order valence-electron chi connectivity index (χ1n) is 5.28. The third-order valence-corrected chi connectivity index (χ3v) is 5.49. The first-order valence-corrected chi connectivity index (χ1v) is 8.84. The minimum Gasteiger partial charge on any atom is -0.397 e. The maximum Gasteiger partial charge on any atom is 0.397 e. The molecule has 21 heavy (non-hydrogen) atoms. The van der Waals surface area contributed by atoms with Crippen LogP contribution in [-0.4, -0.2) is 45.9 Å².